The fourth-order valence-electron chi connectivity index (χ4n) is 6.20. The lowest BCUT2D eigenvalue weighted by atomic mass is 9.96. The Balaban J connectivity index is 1.40. The molecule has 1 saturated carbocycles. The third-order valence-corrected chi connectivity index (χ3v) is 8.52. The van der Waals surface area contributed by atoms with Gasteiger partial charge in [-0.1, -0.05) is 25.1 Å². The van der Waals surface area contributed by atoms with E-state index in [1.807, 2.05) is 18.3 Å². The van der Waals surface area contributed by atoms with Crippen LogP contribution in [0.4, 0.5) is 5.69 Å². The highest BCUT2D eigenvalue weighted by atomic mass is 32.1. The van der Waals surface area contributed by atoms with E-state index in [-0.39, 0.29) is 12.1 Å². The quantitative estimate of drug-likeness (QED) is 0.247. The zero-order valence-corrected chi connectivity index (χ0v) is 23.7. The van der Waals surface area contributed by atoms with Crippen LogP contribution in [0.3, 0.4) is 0 Å². The third-order valence-electron chi connectivity index (χ3n) is 8.21. The van der Waals surface area contributed by atoms with Crippen molar-refractivity contribution in [1.82, 2.24) is 14.9 Å². The Kier molecular flexibility index (Phi) is 7.13. The predicted molar refractivity (Wildman–Crippen MR) is 162 cm³/mol. The van der Waals surface area contributed by atoms with E-state index in [2.05, 4.69) is 96.2 Å². The second-order valence-electron chi connectivity index (χ2n) is 10.7. The molecule has 2 aromatic heterocycles. The van der Waals surface area contributed by atoms with Crippen LogP contribution < -0.4 is 15.0 Å². The molecule has 2 fully saturated rings. The summed E-state index contributed by atoms with van der Waals surface area (Å²) in [6, 6.07) is 25.6. The van der Waals surface area contributed by atoms with Gasteiger partial charge in [0.25, 0.3) is 0 Å². The summed E-state index contributed by atoms with van der Waals surface area (Å²) < 4.78 is 8.59. The van der Waals surface area contributed by atoms with Crippen molar-refractivity contribution < 1.29 is 4.74 Å². The Morgan fingerprint density at radius 3 is 2.33 bits per heavy atom. The summed E-state index contributed by atoms with van der Waals surface area (Å²) in [5, 5.41) is 4.31. The summed E-state index contributed by atoms with van der Waals surface area (Å²) in [6.07, 6.45) is 8.03. The van der Waals surface area contributed by atoms with Crippen molar-refractivity contribution in [3.63, 3.8) is 0 Å². The molecule has 1 saturated heterocycles. The van der Waals surface area contributed by atoms with E-state index in [1.165, 1.54) is 41.0 Å². The van der Waals surface area contributed by atoms with Crippen LogP contribution in [0.15, 0.2) is 79.0 Å². The molecule has 4 aromatic rings. The molecule has 6 rings (SSSR count). The smallest absolute Gasteiger partial charge is 0.174 e. The first-order valence-electron chi connectivity index (χ1n) is 14.1. The summed E-state index contributed by atoms with van der Waals surface area (Å²) in [5.74, 6) is 0.926. The number of aromatic nitrogens is 2. The van der Waals surface area contributed by atoms with Gasteiger partial charge in [-0.05, 0) is 124 Å². The Labute approximate surface area is 236 Å². The molecule has 2 aromatic carbocycles. The van der Waals surface area contributed by atoms with Crippen molar-refractivity contribution in [2.45, 2.75) is 71.1 Å². The fourth-order valence-corrected chi connectivity index (χ4v) is 6.54. The number of hydrogen-bond donors (Lipinski definition) is 1. The minimum absolute atomic E-state index is 0.0520. The standard InChI is InChI=1S/C33H36N4OS/c1-4-24-12-14-25(15-13-24)36-22(2)21-29(23(36)3)32-31(30-11-7-8-20-34-30)35-33(39)37(32)26-16-18-28(19-17-26)38-27-9-5-6-10-27/h7-8,11-21,27,31-32H,4-6,9-10H2,1-3H3,(H,35,39)/t31-,32-/m1/s1. The highest BCUT2D eigenvalue weighted by Gasteiger charge is 2.42. The zero-order valence-electron chi connectivity index (χ0n) is 22.9. The van der Waals surface area contributed by atoms with Gasteiger partial charge in [-0.15, -0.1) is 0 Å². The number of ether oxygens (including phenoxy) is 1. The van der Waals surface area contributed by atoms with Crippen LogP contribution in [-0.2, 0) is 6.42 Å². The summed E-state index contributed by atoms with van der Waals surface area (Å²) in [6.45, 7) is 6.58. The highest BCUT2D eigenvalue weighted by Crippen LogP contribution is 2.44. The average molecular weight is 537 g/mol. The molecule has 200 valence electrons. The number of nitrogens with one attached hydrogen (secondary N) is 1. The number of rotatable bonds is 7. The minimum Gasteiger partial charge on any atom is -0.490 e. The normalized spacial score (nSPS) is 19.5. The summed E-state index contributed by atoms with van der Waals surface area (Å²) in [5.41, 5.74) is 8.19. The Morgan fingerprint density at radius 2 is 1.67 bits per heavy atom. The average Bonchev–Trinajstić information content (AvgIpc) is 3.67. The maximum absolute atomic E-state index is 6.24. The van der Waals surface area contributed by atoms with Crippen molar-refractivity contribution in [3.8, 4) is 11.4 Å². The van der Waals surface area contributed by atoms with E-state index in [1.54, 1.807) is 0 Å². The van der Waals surface area contributed by atoms with Crippen LogP contribution in [-0.4, -0.2) is 20.8 Å². The molecule has 0 amide bonds. The van der Waals surface area contributed by atoms with E-state index in [0.29, 0.717) is 11.2 Å². The van der Waals surface area contributed by atoms with Gasteiger partial charge in [-0.2, -0.15) is 0 Å². The number of anilines is 1. The highest BCUT2D eigenvalue weighted by molar-refractivity contribution is 7.80. The first-order chi connectivity index (χ1) is 19.0. The number of thiocarbonyl (C=S) groups is 1. The number of aryl methyl sites for hydroxylation is 2. The third kappa shape index (κ3) is 4.94. The van der Waals surface area contributed by atoms with E-state index >= 15 is 0 Å². The van der Waals surface area contributed by atoms with Crippen molar-refractivity contribution >= 4 is 23.0 Å². The molecule has 3 heterocycles. The summed E-state index contributed by atoms with van der Waals surface area (Å²) in [4.78, 5) is 6.98. The number of benzene rings is 2. The van der Waals surface area contributed by atoms with Gasteiger partial charge in [-0.25, -0.2) is 0 Å². The van der Waals surface area contributed by atoms with Crippen molar-refractivity contribution in [2.24, 2.45) is 0 Å². The second kappa shape index (κ2) is 10.9. The monoisotopic (exact) mass is 536 g/mol. The molecule has 39 heavy (non-hydrogen) atoms. The van der Waals surface area contributed by atoms with E-state index < -0.39 is 0 Å². The second-order valence-corrected chi connectivity index (χ2v) is 11.1. The summed E-state index contributed by atoms with van der Waals surface area (Å²) >= 11 is 5.98. The first-order valence-corrected chi connectivity index (χ1v) is 14.5. The van der Waals surface area contributed by atoms with Crippen molar-refractivity contribution in [1.29, 1.82) is 0 Å². The van der Waals surface area contributed by atoms with Crippen LogP contribution in [0.1, 0.15) is 72.9 Å². The van der Waals surface area contributed by atoms with Crippen LogP contribution in [0.5, 0.6) is 5.75 Å². The predicted octanol–water partition coefficient (Wildman–Crippen LogP) is 7.55. The molecule has 0 bridgehead atoms. The van der Waals surface area contributed by atoms with Gasteiger partial charge in [-0.3, -0.25) is 4.98 Å². The number of hydrogen-bond acceptors (Lipinski definition) is 3. The molecule has 0 spiro atoms. The molecule has 2 atom stereocenters. The zero-order chi connectivity index (χ0) is 26.9. The molecule has 6 heteroatoms. The lowest BCUT2D eigenvalue weighted by molar-refractivity contribution is 0.210. The lowest BCUT2D eigenvalue weighted by Gasteiger charge is -2.28. The van der Waals surface area contributed by atoms with Gasteiger partial charge >= 0.3 is 0 Å². The van der Waals surface area contributed by atoms with Crippen LogP contribution >= 0.6 is 12.2 Å². The van der Waals surface area contributed by atoms with E-state index in [4.69, 9.17) is 21.9 Å². The molecule has 0 radical (unpaired) electrons. The van der Waals surface area contributed by atoms with Gasteiger partial charge < -0.3 is 19.5 Å². The van der Waals surface area contributed by atoms with Gasteiger partial charge in [0.15, 0.2) is 5.11 Å². The minimum atomic E-state index is -0.0791. The van der Waals surface area contributed by atoms with Gasteiger partial charge in [0, 0.05) is 29.0 Å². The molecule has 5 nitrogen and oxygen atoms in total. The van der Waals surface area contributed by atoms with Gasteiger partial charge in [0.1, 0.15) is 5.75 Å². The molecular weight excluding hydrogens is 500 g/mol. The maximum atomic E-state index is 6.24. The van der Waals surface area contributed by atoms with Crippen LogP contribution in [0.2, 0.25) is 0 Å². The first kappa shape index (κ1) is 25.6. The largest absolute Gasteiger partial charge is 0.490 e. The fraction of sp³-hybridized carbons (Fsp3) is 0.333. The number of nitrogens with zero attached hydrogens (tertiary/aromatic N) is 3. The van der Waals surface area contributed by atoms with E-state index in [0.717, 1.165) is 36.4 Å². The van der Waals surface area contributed by atoms with Crippen molar-refractivity contribution in [2.75, 3.05) is 4.90 Å². The van der Waals surface area contributed by atoms with Crippen LogP contribution in [0.25, 0.3) is 5.69 Å². The Hall–Kier alpha value is -3.64. The SMILES string of the molecule is CCc1ccc(-n2c(C)cc([C@@H]3[C@@H](c4ccccn4)NC(=S)N3c3ccc(OC4CCCC4)cc3)c2C)cc1. The molecule has 1 N–H and O–H groups in total. The molecule has 0 unspecified atom stereocenters. The van der Waals surface area contributed by atoms with Gasteiger partial charge in [0.2, 0.25) is 0 Å². The summed E-state index contributed by atoms with van der Waals surface area (Å²) in [7, 11) is 0. The molecule has 1 aliphatic heterocycles. The van der Waals surface area contributed by atoms with E-state index in [9.17, 15) is 0 Å². The molecule has 2 aliphatic rings. The van der Waals surface area contributed by atoms with Gasteiger partial charge in [0.05, 0.1) is 23.9 Å². The topological polar surface area (TPSA) is 42.3 Å². The Morgan fingerprint density at radius 1 is 0.949 bits per heavy atom. The van der Waals surface area contributed by atoms with Crippen molar-refractivity contribution in [3.05, 3.63) is 107 Å². The molecular formula is C33H36N4OS. The maximum Gasteiger partial charge on any atom is 0.174 e. The lowest BCUT2D eigenvalue weighted by Crippen LogP contribution is -2.29. The van der Waals surface area contributed by atoms with Crippen LogP contribution in [0, 0.1) is 13.8 Å². The number of pyridine rings is 1. The Bertz CT molecular complexity index is 1440. The molecule has 1 aliphatic carbocycles.